The summed E-state index contributed by atoms with van der Waals surface area (Å²) >= 11 is 3.24. The highest BCUT2D eigenvalue weighted by atomic mass is 79.9. The fourth-order valence-electron chi connectivity index (χ4n) is 3.33. The van der Waals surface area contributed by atoms with Crippen molar-refractivity contribution >= 4 is 33.5 Å². The molecule has 0 amide bonds. The molecule has 2 aliphatic rings. The highest BCUT2D eigenvalue weighted by Crippen LogP contribution is 2.43. The van der Waals surface area contributed by atoms with Crippen molar-refractivity contribution in [3.63, 3.8) is 0 Å². The van der Waals surface area contributed by atoms with Gasteiger partial charge in [-0.1, -0.05) is 6.42 Å². The molecule has 1 spiro atoms. The summed E-state index contributed by atoms with van der Waals surface area (Å²) in [4.78, 5) is 10.2. The van der Waals surface area contributed by atoms with Gasteiger partial charge >= 0.3 is 6.18 Å². The second-order valence-corrected chi connectivity index (χ2v) is 6.84. The molecule has 1 saturated carbocycles. The maximum atomic E-state index is 12.9. The van der Waals surface area contributed by atoms with Crippen LogP contribution < -0.4 is 16.4 Å². The van der Waals surface area contributed by atoms with E-state index >= 15 is 0 Å². The van der Waals surface area contributed by atoms with Crippen molar-refractivity contribution in [2.24, 2.45) is 21.5 Å². The van der Waals surface area contributed by atoms with Crippen LogP contribution in [0.25, 0.3) is 0 Å². The fourth-order valence-corrected chi connectivity index (χ4v) is 3.89. The van der Waals surface area contributed by atoms with Crippen molar-refractivity contribution in [3.05, 3.63) is 28.2 Å². The standard InChI is InChI=1S/C15H17BrF3N5/c16-10-8-9(15(17,18)19)4-5-11(10)24-13(21)22-12(20)23-14(24)6-2-1-3-7-14/h4-5,8H,1-3,6-7H2,(H4,20,21,22,23). The Hall–Kier alpha value is -1.77. The lowest BCUT2D eigenvalue weighted by atomic mass is 9.87. The zero-order valence-electron chi connectivity index (χ0n) is 12.8. The van der Waals surface area contributed by atoms with E-state index in [1.54, 1.807) is 4.90 Å². The van der Waals surface area contributed by atoms with Crippen LogP contribution in [0.15, 0.2) is 32.7 Å². The van der Waals surface area contributed by atoms with E-state index in [-0.39, 0.29) is 16.4 Å². The SMILES string of the molecule is NC1=NC2(CCCCC2)N(c2ccc(C(F)(F)F)cc2Br)C(N)=N1. The monoisotopic (exact) mass is 403 g/mol. The number of hydrogen-bond acceptors (Lipinski definition) is 5. The Kier molecular flexibility index (Phi) is 4.23. The first-order valence-electron chi connectivity index (χ1n) is 7.59. The van der Waals surface area contributed by atoms with Crippen molar-refractivity contribution in [1.29, 1.82) is 0 Å². The molecule has 1 aliphatic carbocycles. The smallest absolute Gasteiger partial charge is 0.369 e. The van der Waals surface area contributed by atoms with Crippen molar-refractivity contribution in [2.45, 2.75) is 43.9 Å². The minimum atomic E-state index is -4.41. The molecule has 3 rings (SSSR count). The minimum Gasteiger partial charge on any atom is -0.369 e. The highest BCUT2D eigenvalue weighted by Gasteiger charge is 2.43. The van der Waals surface area contributed by atoms with E-state index in [9.17, 15) is 13.2 Å². The van der Waals surface area contributed by atoms with Crippen LogP contribution in [0, 0.1) is 0 Å². The maximum absolute atomic E-state index is 12.9. The first-order valence-corrected chi connectivity index (χ1v) is 8.39. The van der Waals surface area contributed by atoms with Crippen LogP contribution in [0.5, 0.6) is 0 Å². The number of benzene rings is 1. The van der Waals surface area contributed by atoms with Gasteiger partial charge in [-0.05, 0) is 59.8 Å². The lowest BCUT2D eigenvalue weighted by Crippen LogP contribution is -2.58. The third kappa shape index (κ3) is 2.97. The van der Waals surface area contributed by atoms with E-state index in [0.717, 1.165) is 44.2 Å². The number of hydrogen-bond donors (Lipinski definition) is 2. The molecule has 0 aromatic heterocycles. The first kappa shape index (κ1) is 17.1. The van der Waals surface area contributed by atoms with Gasteiger partial charge in [0, 0.05) is 4.47 Å². The number of anilines is 1. The van der Waals surface area contributed by atoms with Gasteiger partial charge in [0.05, 0.1) is 11.3 Å². The molecular weight excluding hydrogens is 387 g/mol. The van der Waals surface area contributed by atoms with E-state index < -0.39 is 17.4 Å². The lowest BCUT2D eigenvalue weighted by molar-refractivity contribution is -0.137. The number of rotatable bonds is 1. The summed E-state index contributed by atoms with van der Waals surface area (Å²) in [5.41, 5.74) is 10.9. The molecule has 1 aromatic carbocycles. The Labute approximate surface area is 145 Å². The van der Waals surface area contributed by atoms with Crippen LogP contribution in [0.2, 0.25) is 0 Å². The van der Waals surface area contributed by atoms with E-state index in [0.29, 0.717) is 5.69 Å². The summed E-state index contributed by atoms with van der Waals surface area (Å²) in [6.07, 6.45) is -0.00365. The van der Waals surface area contributed by atoms with Crippen LogP contribution in [-0.2, 0) is 6.18 Å². The molecule has 0 unspecified atom stereocenters. The number of nitrogens with zero attached hydrogens (tertiary/aromatic N) is 3. The van der Waals surface area contributed by atoms with Crippen LogP contribution in [0.4, 0.5) is 18.9 Å². The predicted octanol–water partition coefficient (Wildman–Crippen LogP) is 3.58. The summed E-state index contributed by atoms with van der Waals surface area (Å²) in [7, 11) is 0. The molecule has 24 heavy (non-hydrogen) atoms. The summed E-state index contributed by atoms with van der Waals surface area (Å²) in [5, 5.41) is 0. The third-order valence-corrected chi connectivity index (χ3v) is 5.00. The molecule has 130 valence electrons. The van der Waals surface area contributed by atoms with Gasteiger partial charge in [0.2, 0.25) is 11.9 Å². The molecule has 0 saturated heterocycles. The number of alkyl halides is 3. The number of halogens is 4. The van der Waals surface area contributed by atoms with Crippen LogP contribution in [0.3, 0.4) is 0 Å². The number of nitrogens with two attached hydrogens (primary N) is 2. The average molecular weight is 404 g/mol. The molecule has 0 radical (unpaired) electrons. The Morgan fingerprint density at radius 2 is 1.79 bits per heavy atom. The van der Waals surface area contributed by atoms with Crippen molar-refractivity contribution < 1.29 is 13.2 Å². The Balaban J connectivity index is 2.07. The highest BCUT2D eigenvalue weighted by molar-refractivity contribution is 9.10. The summed E-state index contributed by atoms with van der Waals surface area (Å²) in [6.45, 7) is 0. The number of guanidine groups is 2. The predicted molar refractivity (Wildman–Crippen MR) is 90.7 cm³/mol. The minimum absolute atomic E-state index is 0.105. The number of aliphatic imine (C=N–C) groups is 2. The Morgan fingerprint density at radius 1 is 1.12 bits per heavy atom. The first-order chi connectivity index (χ1) is 11.2. The van der Waals surface area contributed by atoms with Crippen LogP contribution in [-0.4, -0.2) is 17.6 Å². The molecule has 0 atom stereocenters. The maximum Gasteiger partial charge on any atom is 0.416 e. The van der Waals surface area contributed by atoms with Gasteiger partial charge in [-0.3, -0.25) is 4.90 Å². The molecule has 5 nitrogen and oxygen atoms in total. The topological polar surface area (TPSA) is 80.0 Å². The molecule has 1 fully saturated rings. The molecule has 1 heterocycles. The summed E-state index contributed by atoms with van der Waals surface area (Å²) < 4.78 is 39.0. The van der Waals surface area contributed by atoms with Gasteiger partial charge in [0.25, 0.3) is 0 Å². The van der Waals surface area contributed by atoms with E-state index in [1.807, 2.05) is 0 Å². The second-order valence-electron chi connectivity index (χ2n) is 5.98. The van der Waals surface area contributed by atoms with Crippen molar-refractivity contribution in [3.8, 4) is 0 Å². The second kappa shape index (κ2) is 5.94. The zero-order chi connectivity index (χ0) is 17.5. The molecule has 1 aliphatic heterocycles. The fraction of sp³-hybridized carbons (Fsp3) is 0.467. The van der Waals surface area contributed by atoms with E-state index in [4.69, 9.17) is 11.5 Å². The molecule has 0 bridgehead atoms. The van der Waals surface area contributed by atoms with Gasteiger partial charge in [-0.25, -0.2) is 4.99 Å². The van der Waals surface area contributed by atoms with E-state index in [2.05, 4.69) is 25.9 Å². The molecule has 9 heteroatoms. The van der Waals surface area contributed by atoms with Crippen molar-refractivity contribution in [2.75, 3.05) is 4.90 Å². The van der Waals surface area contributed by atoms with Gasteiger partial charge in [-0.15, -0.1) is 0 Å². The Morgan fingerprint density at radius 3 is 2.38 bits per heavy atom. The molecule has 4 N–H and O–H groups in total. The average Bonchev–Trinajstić information content (AvgIpc) is 2.47. The normalized spacial score (nSPS) is 20.8. The summed E-state index contributed by atoms with van der Waals surface area (Å²) in [5.74, 6) is 0.249. The zero-order valence-corrected chi connectivity index (χ0v) is 14.4. The van der Waals surface area contributed by atoms with Crippen molar-refractivity contribution in [1.82, 2.24) is 0 Å². The van der Waals surface area contributed by atoms with Gasteiger partial charge < -0.3 is 11.5 Å². The largest absolute Gasteiger partial charge is 0.416 e. The molecular formula is C15H17BrF3N5. The van der Waals surface area contributed by atoms with Gasteiger partial charge in [-0.2, -0.15) is 18.2 Å². The van der Waals surface area contributed by atoms with Gasteiger partial charge in [0.15, 0.2) is 0 Å². The lowest BCUT2D eigenvalue weighted by Gasteiger charge is -2.46. The van der Waals surface area contributed by atoms with Gasteiger partial charge in [0.1, 0.15) is 5.66 Å². The Bertz CT molecular complexity index is 708. The van der Waals surface area contributed by atoms with Crippen LogP contribution in [0.1, 0.15) is 37.7 Å². The van der Waals surface area contributed by atoms with Crippen LogP contribution >= 0.6 is 15.9 Å². The summed E-state index contributed by atoms with van der Waals surface area (Å²) in [6, 6.07) is 3.47. The van der Waals surface area contributed by atoms with E-state index in [1.165, 1.54) is 6.07 Å². The third-order valence-electron chi connectivity index (χ3n) is 4.37. The quantitative estimate of drug-likeness (QED) is 0.751. The molecule has 1 aromatic rings.